The zero-order chi connectivity index (χ0) is 16.7. The van der Waals surface area contributed by atoms with Crippen LogP contribution in [0, 0.1) is 30.9 Å². The van der Waals surface area contributed by atoms with E-state index in [-0.39, 0.29) is 16.9 Å². The number of hydrogen-bond acceptors (Lipinski definition) is 3. The van der Waals surface area contributed by atoms with E-state index in [9.17, 15) is 14.9 Å². The van der Waals surface area contributed by atoms with E-state index in [4.69, 9.17) is 0 Å². The van der Waals surface area contributed by atoms with Crippen LogP contribution in [0.15, 0.2) is 42.5 Å². The number of benzene rings is 2. The van der Waals surface area contributed by atoms with E-state index in [1.165, 1.54) is 6.92 Å². The van der Waals surface area contributed by atoms with Crippen LogP contribution in [0.1, 0.15) is 32.9 Å². The highest BCUT2D eigenvalue weighted by Crippen LogP contribution is 2.21. The van der Waals surface area contributed by atoms with Crippen LogP contribution in [0.25, 0.3) is 11.0 Å². The number of carbonyl (C=O) groups is 1. The molecule has 1 heterocycles. The number of aromatic nitrogens is 2. The van der Waals surface area contributed by atoms with Crippen molar-refractivity contribution in [3.8, 4) is 0 Å². The molecular formula is C18H16N2O3. The van der Waals surface area contributed by atoms with Gasteiger partial charge in [0.15, 0.2) is 0 Å². The third-order valence-electron chi connectivity index (χ3n) is 4.20. The van der Waals surface area contributed by atoms with E-state index in [1.807, 2.05) is 6.92 Å². The molecule has 0 atom stereocenters. The molecule has 5 nitrogen and oxygen atoms in total. The van der Waals surface area contributed by atoms with Gasteiger partial charge in [-0.05, 0) is 31.9 Å². The minimum Gasteiger partial charge on any atom is -0.805 e. The molecule has 0 N–H and O–H groups in total. The predicted molar refractivity (Wildman–Crippen MR) is 88.2 cm³/mol. The SMILES string of the molecule is Cc1ccc2c(c1C)n([O-])c(C)c(C(=O)c1ccccc1)[n+]2=O. The van der Waals surface area contributed by atoms with Crippen molar-refractivity contribution in [2.45, 2.75) is 20.8 Å². The standard InChI is InChI=1S/C18H16N2O3/c1-11-9-10-15-16(12(11)2)19(22)13(3)17(20(15)23)18(21)14-7-5-4-6-8-14/h4-10H,1-3H3. The van der Waals surface area contributed by atoms with Crippen LogP contribution in [0.2, 0.25) is 0 Å². The summed E-state index contributed by atoms with van der Waals surface area (Å²) in [7, 11) is 0. The lowest BCUT2D eigenvalue weighted by Crippen LogP contribution is -2.31. The summed E-state index contributed by atoms with van der Waals surface area (Å²) in [6.45, 7) is 5.17. The molecule has 3 rings (SSSR count). The van der Waals surface area contributed by atoms with Gasteiger partial charge in [-0.2, -0.15) is 0 Å². The lowest BCUT2D eigenvalue weighted by atomic mass is 10.0. The van der Waals surface area contributed by atoms with Crippen LogP contribution in [-0.2, 0) is 0 Å². The first-order chi connectivity index (χ1) is 10.9. The highest BCUT2D eigenvalue weighted by molar-refractivity contribution is 6.07. The summed E-state index contributed by atoms with van der Waals surface area (Å²) in [6, 6.07) is 11.8. The van der Waals surface area contributed by atoms with Crippen molar-refractivity contribution in [1.82, 2.24) is 4.73 Å². The molecule has 0 amide bonds. The Morgan fingerprint density at radius 3 is 2.35 bits per heavy atom. The molecule has 0 radical (unpaired) electrons. The van der Waals surface area contributed by atoms with Crippen LogP contribution in [-0.4, -0.2) is 10.5 Å². The molecule has 116 valence electrons. The van der Waals surface area contributed by atoms with Gasteiger partial charge in [0, 0.05) is 16.5 Å². The van der Waals surface area contributed by atoms with Gasteiger partial charge in [0.2, 0.25) is 0 Å². The van der Waals surface area contributed by atoms with E-state index >= 15 is 0 Å². The fourth-order valence-electron chi connectivity index (χ4n) is 2.72. The van der Waals surface area contributed by atoms with Crippen molar-refractivity contribution >= 4 is 16.8 Å². The van der Waals surface area contributed by atoms with Gasteiger partial charge in [-0.25, -0.2) is 0 Å². The Bertz CT molecular complexity index is 989. The molecule has 23 heavy (non-hydrogen) atoms. The molecule has 0 aliphatic carbocycles. The minimum atomic E-state index is -0.456. The number of fused-ring (bicyclic) bond motifs is 1. The van der Waals surface area contributed by atoms with Crippen LogP contribution in [0.3, 0.4) is 0 Å². The first-order valence-corrected chi connectivity index (χ1v) is 7.29. The van der Waals surface area contributed by atoms with Crippen molar-refractivity contribution in [1.29, 1.82) is 0 Å². The van der Waals surface area contributed by atoms with Crippen molar-refractivity contribution in [2.75, 3.05) is 0 Å². The van der Waals surface area contributed by atoms with Crippen molar-refractivity contribution < 1.29 is 9.22 Å². The molecule has 0 aliphatic rings. The van der Waals surface area contributed by atoms with E-state index in [2.05, 4.69) is 0 Å². The summed E-state index contributed by atoms with van der Waals surface area (Å²) in [4.78, 5) is 25.4. The molecule has 0 aliphatic heterocycles. The molecule has 0 saturated carbocycles. The number of ketones is 1. The largest absolute Gasteiger partial charge is 0.805 e. The lowest BCUT2D eigenvalue weighted by molar-refractivity contribution is -0.468. The summed E-state index contributed by atoms with van der Waals surface area (Å²) in [5.74, 6) is -0.456. The summed E-state index contributed by atoms with van der Waals surface area (Å²) in [5.41, 5.74) is 2.52. The van der Waals surface area contributed by atoms with E-state index < -0.39 is 5.78 Å². The fraction of sp³-hybridized carbons (Fsp3) is 0.167. The Balaban J connectivity index is 2.39. The van der Waals surface area contributed by atoms with Gasteiger partial charge in [-0.15, -0.1) is 0 Å². The minimum absolute atomic E-state index is 0.107. The normalized spacial score (nSPS) is 10.9. The van der Waals surface area contributed by atoms with Crippen LogP contribution in [0.4, 0.5) is 0 Å². The third kappa shape index (κ3) is 2.21. The summed E-state index contributed by atoms with van der Waals surface area (Å²) < 4.78 is 1.25. The van der Waals surface area contributed by atoms with Crippen molar-refractivity contribution in [2.24, 2.45) is 0 Å². The number of hydrogen-bond donors (Lipinski definition) is 0. The predicted octanol–water partition coefficient (Wildman–Crippen LogP) is 3.06. The van der Waals surface area contributed by atoms with Gasteiger partial charge in [-0.3, -0.25) is 4.79 Å². The van der Waals surface area contributed by atoms with Crippen LogP contribution in [0.5, 0.6) is 0 Å². The van der Waals surface area contributed by atoms with Crippen LogP contribution >= 0.6 is 0 Å². The fourth-order valence-corrected chi connectivity index (χ4v) is 2.72. The van der Waals surface area contributed by atoms with Gasteiger partial charge in [0.1, 0.15) is 5.52 Å². The molecule has 0 spiro atoms. The summed E-state index contributed by atoms with van der Waals surface area (Å²) >= 11 is 0. The maximum absolute atomic E-state index is 12.7. The highest BCUT2D eigenvalue weighted by atomic mass is 16.5. The Labute approximate surface area is 133 Å². The van der Waals surface area contributed by atoms with E-state index in [0.717, 1.165) is 11.1 Å². The topological polar surface area (TPSA) is 68.0 Å². The summed E-state index contributed by atoms with van der Waals surface area (Å²) in [6.07, 6.45) is 0. The average Bonchev–Trinajstić information content (AvgIpc) is 2.56. The molecule has 5 heteroatoms. The van der Waals surface area contributed by atoms with E-state index in [1.54, 1.807) is 49.4 Å². The number of nitrogens with zero attached hydrogens (tertiary/aromatic N) is 2. The van der Waals surface area contributed by atoms with Gasteiger partial charge >= 0.3 is 5.69 Å². The van der Waals surface area contributed by atoms with Crippen LogP contribution < -0.4 is 4.43 Å². The van der Waals surface area contributed by atoms with Gasteiger partial charge in [0.05, 0.1) is 10.1 Å². The molecule has 1 aromatic heterocycles. The first kappa shape index (κ1) is 15.0. The first-order valence-electron chi connectivity index (χ1n) is 7.29. The highest BCUT2D eigenvalue weighted by Gasteiger charge is 2.28. The Kier molecular flexibility index (Phi) is 3.48. The quantitative estimate of drug-likeness (QED) is 0.540. The second-order valence-electron chi connectivity index (χ2n) is 5.59. The second-order valence-corrected chi connectivity index (χ2v) is 5.59. The number of rotatable bonds is 2. The van der Waals surface area contributed by atoms with Gasteiger partial charge in [0.25, 0.3) is 11.3 Å². The smallest absolute Gasteiger partial charge is 0.329 e. The zero-order valence-electron chi connectivity index (χ0n) is 13.2. The Hall–Kier alpha value is -2.95. The second kappa shape index (κ2) is 5.35. The average molecular weight is 308 g/mol. The molecule has 0 bridgehead atoms. The van der Waals surface area contributed by atoms with Crippen molar-refractivity contribution in [3.05, 3.63) is 80.7 Å². The molecule has 0 fully saturated rings. The molecule has 3 aromatic rings. The maximum Gasteiger partial charge on any atom is 0.329 e. The third-order valence-corrected chi connectivity index (χ3v) is 4.20. The summed E-state index contributed by atoms with van der Waals surface area (Å²) in [5, 5.41) is 12.6. The van der Waals surface area contributed by atoms with Gasteiger partial charge < -0.3 is 9.94 Å². The van der Waals surface area contributed by atoms with Gasteiger partial charge in [-0.1, -0.05) is 36.4 Å². The van der Waals surface area contributed by atoms with Crippen molar-refractivity contribution in [3.63, 3.8) is 0 Å². The molecular weight excluding hydrogens is 292 g/mol. The Morgan fingerprint density at radius 1 is 1.04 bits per heavy atom. The molecule has 0 unspecified atom stereocenters. The molecule has 2 aromatic carbocycles. The maximum atomic E-state index is 12.7. The zero-order valence-corrected chi connectivity index (χ0v) is 13.2. The monoisotopic (exact) mass is 308 g/mol. The van der Waals surface area contributed by atoms with E-state index in [0.29, 0.717) is 20.2 Å². The Morgan fingerprint density at radius 2 is 1.70 bits per heavy atom. The lowest BCUT2D eigenvalue weighted by Gasteiger charge is -2.18. The molecule has 0 saturated heterocycles. The number of aryl methyl sites for hydroxylation is 2. The number of carbonyl (C=O) groups excluding carboxylic acids is 1.